The van der Waals surface area contributed by atoms with Gasteiger partial charge in [-0.1, -0.05) is 46.4 Å². The van der Waals surface area contributed by atoms with Gasteiger partial charge in [0.25, 0.3) is 0 Å². The molecule has 1 N–H and O–H groups in total. The van der Waals surface area contributed by atoms with Crippen LogP contribution in [0.5, 0.6) is 0 Å². The van der Waals surface area contributed by atoms with Crippen LogP contribution in [-0.4, -0.2) is 37.4 Å². The lowest BCUT2D eigenvalue weighted by molar-refractivity contribution is 0.0382. The van der Waals surface area contributed by atoms with Crippen LogP contribution < -0.4 is 0 Å². The number of methoxy groups -OCH3 is 1. The molecule has 20 heavy (non-hydrogen) atoms. The molecule has 0 bridgehead atoms. The Hall–Kier alpha value is -0.720. The molecule has 9 heteroatoms. The smallest absolute Gasteiger partial charge is 0.340 e. The highest BCUT2D eigenvalue weighted by molar-refractivity contribution is 6.54. The molecule has 0 unspecified atom stereocenters. The summed E-state index contributed by atoms with van der Waals surface area (Å²) in [5.41, 5.74) is -1.01. The average molecular weight is 362 g/mol. The van der Waals surface area contributed by atoms with Crippen LogP contribution in [0.1, 0.15) is 20.7 Å². The predicted octanol–water partition coefficient (Wildman–Crippen LogP) is 3.80. The number of carboxylic acid groups (broad SMARTS) is 1. The number of esters is 1. The minimum Gasteiger partial charge on any atom is -0.478 e. The molecule has 1 aromatic carbocycles. The number of halogens is 4. The van der Waals surface area contributed by atoms with Crippen molar-refractivity contribution in [3.63, 3.8) is 0 Å². The third kappa shape index (κ3) is 3.48. The molecule has 0 spiro atoms. The van der Waals surface area contributed by atoms with E-state index in [2.05, 4.69) is 0 Å². The highest BCUT2D eigenvalue weighted by Gasteiger charge is 2.29. The van der Waals surface area contributed by atoms with Gasteiger partial charge in [0.1, 0.15) is 6.61 Å². The normalized spacial score (nSPS) is 10.4. The number of hydrogen-bond acceptors (Lipinski definition) is 4. The molecular formula is C11H8Cl4O5. The number of aromatic carboxylic acids is 1. The van der Waals surface area contributed by atoms with Crippen molar-refractivity contribution in [3.05, 3.63) is 31.2 Å². The van der Waals surface area contributed by atoms with Gasteiger partial charge in [-0.15, -0.1) is 0 Å². The van der Waals surface area contributed by atoms with Crippen LogP contribution in [0.25, 0.3) is 0 Å². The fraction of sp³-hybridized carbons (Fsp3) is 0.273. The lowest BCUT2D eigenvalue weighted by Gasteiger charge is -2.13. The van der Waals surface area contributed by atoms with Crippen molar-refractivity contribution >= 4 is 58.3 Å². The van der Waals surface area contributed by atoms with Gasteiger partial charge in [0.2, 0.25) is 0 Å². The minimum atomic E-state index is -1.48. The minimum absolute atomic E-state index is 0.0808. The first-order valence-corrected chi connectivity index (χ1v) is 6.59. The number of carbonyl (C=O) groups is 2. The monoisotopic (exact) mass is 360 g/mol. The van der Waals surface area contributed by atoms with E-state index in [0.717, 1.165) is 0 Å². The van der Waals surface area contributed by atoms with E-state index in [0.29, 0.717) is 0 Å². The van der Waals surface area contributed by atoms with Crippen LogP contribution in [0.15, 0.2) is 0 Å². The molecule has 0 aliphatic carbocycles. The predicted molar refractivity (Wildman–Crippen MR) is 75.6 cm³/mol. The van der Waals surface area contributed by atoms with Crippen molar-refractivity contribution in [2.45, 2.75) is 0 Å². The fourth-order valence-electron chi connectivity index (χ4n) is 1.31. The first kappa shape index (κ1) is 17.3. The van der Waals surface area contributed by atoms with Gasteiger partial charge in [0.15, 0.2) is 0 Å². The van der Waals surface area contributed by atoms with Gasteiger partial charge in [-0.2, -0.15) is 0 Å². The van der Waals surface area contributed by atoms with Crippen LogP contribution in [0.3, 0.4) is 0 Å². The molecule has 0 saturated carbocycles. The Kier molecular flexibility index (Phi) is 6.36. The second-order valence-corrected chi connectivity index (χ2v) is 4.95. The number of rotatable bonds is 5. The molecule has 0 aliphatic heterocycles. The van der Waals surface area contributed by atoms with Gasteiger partial charge in [-0.25, -0.2) is 9.59 Å². The number of benzene rings is 1. The number of ether oxygens (including phenoxy) is 2. The van der Waals surface area contributed by atoms with Gasteiger partial charge in [-0.3, -0.25) is 0 Å². The summed E-state index contributed by atoms with van der Waals surface area (Å²) in [4.78, 5) is 23.1. The van der Waals surface area contributed by atoms with Gasteiger partial charge in [0.05, 0.1) is 37.8 Å². The zero-order valence-electron chi connectivity index (χ0n) is 10.0. The summed E-state index contributed by atoms with van der Waals surface area (Å²) in [5.74, 6) is -2.46. The largest absolute Gasteiger partial charge is 0.478 e. The highest BCUT2D eigenvalue weighted by atomic mass is 35.5. The first-order valence-electron chi connectivity index (χ1n) is 5.08. The first-order chi connectivity index (χ1) is 9.32. The van der Waals surface area contributed by atoms with Crippen LogP contribution in [0.2, 0.25) is 20.1 Å². The van der Waals surface area contributed by atoms with Crippen molar-refractivity contribution in [1.82, 2.24) is 0 Å². The molecule has 1 aromatic rings. The Labute approximate surface area is 134 Å². The third-order valence-corrected chi connectivity index (χ3v) is 4.01. The second kappa shape index (κ2) is 7.33. The van der Waals surface area contributed by atoms with Gasteiger partial charge in [0, 0.05) is 7.11 Å². The van der Waals surface area contributed by atoms with E-state index < -0.39 is 23.1 Å². The molecule has 5 nitrogen and oxygen atoms in total. The molecule has 0 aliphatic rings. The lowest BCUT2D eigenvalue weighted by atomic mass is 10.1. The highest BCUT2D eigenvalue weighted by Crippen LogP contribution is 2.41. The van der Waals surface area contributed by atoms with Crippen molar-refractivity contribution in [2.75, 3.05) is 20.3 Å². The molecule has 0 atom stereocenters. The summed E-state index contributed by atoms with van der Waals surface area (Å²) in [6.45, 7) is 0.0589. The van der Waals surface area contributed by atoms with Crippen molar-refractivity contribution in [1.29, 1.82) is 0 Å². The number of hydrogen-bond donors (Lipinski definition) is 1. The topological polar surface area (TPSA) is 72.8 Å². The summed E-state index contributed by atoms with van der Waals surface area (Å²) in [6, 6.07) is 0. The van der Waals surface area contributed by atoms with Crippen LogP contribution >= 0.6 is 46.4 Å². The fourth-order valence-corrected chi connectivity index (χ4v) is 2.32. The summed E-state index contributed by atoms with van der Waals surface area (Å²) in [7, 11) is 1.42. The van der Waals surface area contributed by atoms with Crippen molar-refractivity contribution in [3.8, 4) is 0 Å². The molecule has 0 radical (unpaired) electrons. The molecule has 0 saturated heterocycles. The average Bonchev–Trinajstić information content (AvgIpc) is 2.39. The molecule has 0 amide bonds. The van der Waals surface area contributed by atoms with Crippen LogP contribution in [0, 0.1) is 0 Å². The van der Waals surface area contributed by atoms with Crippen LogP contribution in [-0.2, 0) is 9.47 Å². The summed E-state index contributed by atoms with van der Waals surface area (Å²) < 4.78 is 9.52. The van der Waals surface area contributed by atoms with Crippen molar-refractivity contribution in [2.24, 2.45) is 0 Å². The Bertz CT molecular complexity index is 558. The standard InChI is InChI=1S/C11H8Cl4O5/c1-19-2-3-20-11(18)5-4(10(16)17)6(12)8(14)9(15)7(5)13/h2-3H2,1H3,(H,16,17). The van der Waals surface area contributed by atoms with E-state index in [1.807, 2.05) is 0 Å². The zero-order chi connectivity index (χ0) is 15.4. The Morgan fingerprint density at radius 2 is 1.45 bits per heavy atom. The SMILES string of the molecule is COCCOC(=O)c1c(Cl)c(Cl)c(Cl)c(Cl)c1C(=O)O. The van der Waals surface area contributed by atoms with E-state index in [4.69, 9.17) is 61.0 Å². The maximum Gasteiger partial charge on any atom is 0.340 e. The number of carboxylic acids is 1. The lowest BCUT2D eigenvalue weighted by Crippen LogP contribution is -2.16. The summed E-state index contributed by atoms with van der Waals surface area (Å²) in [6.07, 6.45) is 0. The Morgan fingerprint density at radius 3 is 1.90 bits per heavy atom. The van der Waals surface area contributed by atoms with E-state index in [-0.39, 0.29) is 33.3 Å². The van der Waals surface area contributed by atoms with Crippen LogP contribution in [0.4, 0.5) is 0 Å². The Morgan fingerprint density at radius 1 is 0.950 bits per heavy atom. The molecule has 110 valence electrons. The third-order valence-electron chi connectivity index (χ3n) is 2.21. The Balaban J connectivity index is 3.37. The molecule has 0 fully saturated rings. The van der Waals surface area contributed by atoms with Crippen molar-refractivity contribution < 1.29 is 24.2 Å². The van der Waals surface area contributed by atoms with E-state index >= 15 is 0 Å². The summed E-state index contributed by atoms with van der Waals surface area (Å²) >= 11 is 23.2. The summed E-state index contributed by atoms with van der Waals surface area (Å²) in [5, 5.41) is 7.95. The van der Waals surface area contributed by atoms with Gasteiger partial charge in [-0.05, 0) is 0 Å². The van der Waals surface area contributed by atoms with Gasteiger partial charge >= 0.3 is 11.9 Å². The molecule has 0 heterocycles. The molecule has 1 rings (SSSR count). The maximum absolute atomic E-state index is 11.9. The van der Waals surface area contributed by atoms with E-state index in [1.54, 1.807) is 0 Å². The maximum atomic E-state index is 11.9. The van der Waals surface area contributed by atoms with E-state index in [1.165, 1.54) is 7.11 Å². The molecular weight excluding hydrogens is 354 g/mol. The zero-order valence-corrected chi connectivity index (χ0v) is 13.0. The quantitative estimate of drug-likeness (QED) is 0.373. The molecule has 0 aromatic heterocycles. The van der Waals surface area contributed by atoms with Gasteiger partial charge < -0.3 is 14.6 Å². The number of carbonyl (C=O) groups excluding carboxylic acids is 1. The second-order valence-electron chi connectivity index (χ2n) is 3.44. The van der Waals surface area contributed by atoms with E-state index in [9.17, 15) is 9.59 Å².